The molecule has 5 rings (SSSR count). The van der Waals surface area contributed by atoms with Gasteiger partial charge in [0.05, 0.1) is 24.9 Å². The quantitative estimate of drug-likeness (QED) is 0.199. The highest BCUT2D eigenvalue weighted by atomic mass is 127. The van der Waals surface area contributed by atoms with E-state index in [0.717, 1.165) is 37.1 Å². The predicted octanol–water partition coefficient (Wildman–Crippen LogP) is 4.65. The second-order valence-corrected chi connectivity index (χ2v) is 11.2. The number of amides is 1. The van der Waals surface area contributed by atoms with Gasteiger partial charge in [-0.05, 0) is 61.1 Å². The summed E-state index contributed by atoms with van der Waals surface area (Å²) in [7, 11) is 1.70. The highest BCUT2D eigenvalue weighted by Gasteiger charge is 2.47. The zero-order valence-electron chi connectivity index (χ0n) is 18.4. The van der Waals surface area contributed by atoms with Crippen LogP contribution >= 0.6 is 34.2 Å². The predicted molar refractivity (Wildman–Crippen MR) is 139 cm³/mol. The average molecular weight is 580 g/mol. The second kappa shape index (κ2) is 9.29. The van der Waals surface area contributed by atoms with Gasteiger partial charge in [-0.25, -0.2) is 4.98 Å². The molecule has 1 aromatic heterocycles. The van der Waals surface area contributed by atoms with Crippen molar-refractivity contribution in [3.63, 3.8) is 0 Å². The van der Waals surface area contributed by atoms with E-state index in [1.54, 1.807) is 13.3 Å². The first-order chi connectivity index (χ1) is 15.9. The minimum Gasteiger partial charge on any atom is -0.494 e. The van der Waals surface area contributed by atoms with Gasteiger partial charge in [-0.1, -0.05) is 52.4 Å². The van der Waals surface area contributed by atoms with Crippen molar-refractivity contribution in [2.75, 3.05) is 17.7 Å². The van der Waals surface area contributed by atoms with Crippen LogP contribution in [-0.2, 0) is 17.6 Å². The molecule has 4 N–H and O–H groups in total. The monoisotopic (exact) mass is 579 g/mol. The maximum atomic E-state index is 12.1. The van der Waals surface area contributed by atoms with E-state index >= 15 is 0 Å². The van der Waals surface area contributed by atoms with Gasteiger partial charge < -0.3 is 21.1 Å². The number of nitrogens with one attached hydrogen (secondary N) is 2. The van der Waals surface area contributed by atoms with Gasteiger partial charge in [-0.2, -0.15) is 4.98 Å². The molecule has 0 unspecified atom stereocenters. The number of alkyl halides is 1. The molecular weight excluding hydrogens is 553 g/mol. The Morgan fingerprint density at radius 2 is 2.12 bits per heavy atom. The topological polar surface area (TPSA) is 102 Å². The number of carbonyl (C=O) groups excluding carboxylic acids is 1. The number of fused-ring (bicyclic) bond motifs is 3. The number of nitrogens with zero attached hydrogens (tertiary/aromatic N) is 2. The van der Waals surface area contributed by atoms with Crippen molar-refractivity contribution in [3.8, 4) is 5.75 Å². The minimum atomic E-state index is -0.295. The molecule has 33 heavy (non-hydrogen) atoms. The first kappa shape index (κ1) is 22.7. The van der Waals surface area contributed by atoms with Crippen molar-refractivity contribution in [1.82, 2.24) is 9.97 Å². The number of anilines is 3. The number of allylic oxidation sites excluding steroid dienone is 1. The van der Waals surface area contributed by atoms with Gasteiger partial charge in [0.2, 0.25) is 11.9 Å². The molecule has 1 saturated carbocycles. The van der Waals surface area contributed by atoms with Crippen LogP contribution in [0.15, 0.2) is 30.5 Å². The van der Waals surface area contributed by atoms with Crippen molar-refractivity contribution in [2.24, 2.45) is 23.5 Å². The van der Waals surface area contributed by atoms with Gasteiger partial charge in [-0.15, -0.1) is 0 Å². The van der Waals surface area contributed by atoms with Gasteiger partial charge in [0, 0.05) is 9.97 Å². The summed E-state index contributed by atoms with van der Waals surface area (Å²) in [6.45, 7) is 0. The Labute approximate surface area is 212 Å². The third kappa shape index (κ3) is 4.39. The standard InChI is InChI=1S/C24H27ClIN5O2/c1-33-21-16-4-2-3-15(26)10-12(16)7-8-18(21)29-24-28-11-17(25)23(31-24)30-20-14-6-5-13(9-14)19(20)22(27)32/h5-8,11,13-15,19-20H,2-4,9-10H2,1H3,(H2,27,32)(H2,28,29,30,31)/t13-,14+,15-,19+,20-/m1/s1. The van der Waals surface area contributed by atoms with E-state index in [1.807, 2.05) is 6.07 Å². The van der Waals surface area contributed by atoms with Crippen LogP contribution in [0.3, 0.4) is 0 Å². The molecule has 5 atom stereocenters. The van der Waals surface area contributed by atoms with Gasteiger partial charge >= 0.3 is 0 Å². The molecule has 7 nitrogen and oxygen atoms in total. The number of hydrogen-bond acceptors (Lipinski definition) is 6. The molecular formula is C24H27ClIN5O2. The summed E-state index contributed by atoms with van der Waals surface area (Å²) < 4.78 is 6.47. The van der Waals surface area contributed by atoms with Gasteiger partial charge in [0.1, 0.15) is 10.8 Å². The second-order valence-electron chi connectivity index (χ2n) is 9.04. The first-order valence-electron chi connectivity index (χ1n) is 11.3. The highest BCUT2D eigenvalue weighted by Crippen LogP contribution is 2.45. The van der Waals surface area contributed by atoms with E-state index in [-0.39, 0.29) is 29.7 Å². The fourth-order valence-electron chi connectivity index (χ4n) is 5.52. The maximum Gasteiger partial charge on any atom is 0.229 e. The van der Waals surface area contributed by atoms with Crippen molar-refractivity contribution in [1.29, 1.82) is 0 Å². The maximum absolute atomic E-state index is 12.1. The number of halogens is 2. The van der Waals surface area contributed by atoms with E-state index in [2.05, 4.69) is 61.4 Å². The average Bonchev–Trinajstić information content (AvgIpc) is 3.33. The summed E-state index contributed by atoms with van der Waals surface area (Å²) in [5.41, 5.74) is 9.13. The molecule has 1 fully saturated rings. The van der Waals surface area contributed by atoms with Crippen LogP contribution in [-0.4, -0.2) is 33.0 Å². The van der Waals surface area contributed by atoms with Crippen LogP contribution in [0.25, 0.3) is 0 Å². The van der Waals surface area contributed by atoms with Crippen LogP contribution in [0.5, 0.6) is 5.75 Å². The summed E-state index contributed by atoms with van der Waals surface area (Å²) in [6, 6.07) is 4.08. The van der Waals surface area contributed by atoms with Gasteiger partial charge in [-0.3, -0.25) is 4.79 Å². The molecule has 2 bridgehead atoms. The van der Waals surface area contributed by atoms with Crippen LogP contribution in [0, 0.1) is 17.8 Å². The molecule has 0 spiro atoms. The lowest BCUT2D eigenvalue weighted by atomic mass is 9.88. The number of carbonyl (C=O) groups is 1. The fraction of sp³-hybridized carbons (Fsp3) is 0.458. The number of hydrogen-bond donors (Lipinski definition) is 3. The largest absolute Gasteiger partial charge is 0.494 e. The van der Waals surface area contributed by atoms with Crippen LogP contribution in [0.4, 0.5) is 17.5 Å². The third-order valence-corrected chi connectivity index (χ3v) is 8.37. The number of rotatable bonds is 6. The Morgan fingerprint density at radius 3 is 2.91 bits per heavy atom. The molecule has 1 heterocycles. The van der Waals surface area contributed by atoms with Crippen molar-refractivity contribution in [3.05, 3.63) is 46.6 Å². The number of ether oxygens (including phenoxy) is 1. The van der Waals surface area contributed by atoms with E-state index < -0.39 is 0 Å². The molecule has 1 aromatic carbocycles. The molecule has 0 radical (unpaired) electrons. The van der Waals surface area contributed by atoms with E-state index in [1.165, 1.54) is 17.5 Å². The molecule has 174 valence electrons. The third-order valence-electron chi connectivity index (χ3n) is 7.03. The SMILES string of the molecule is COc1c(Nc2ncc(Cl)c(N[C@H]3[C@@H](C(N)=O)[C@@H]4C=C[C@H]3C4)n2)ccc2c1CCC[C@@H](I)C2. The lowest BCUT2D eigenvalue weighted by Gasteiger charge is -2.27. The number of primary amides is 1. The molecule has 1 amide bonds. The Balaban J connectivity index is 1.41. The fourth-order valence-corrected chi connectivity index (χ4v) is 6.58. The highest BCUT2D eigenvalue weighted by molar-refractivity contribution is 14.1. The van der Waals surface area contributed by atoms with Crippen LogP contribution in [0.1, 0.15) is 30.4 Å². The van der Waals surface area contributed by atoms with E-state index in [4.69, 9.17) is 22.1 Å². The number of methoxy groups -OCH3 is 1. The number of nitrogens with two attached hydrogens (primary N) is 1. The van der Waals surface area contributed by atoms with Gasteiger partial charge in [0.25, 0.3) is 0 Å². The van der Waals surface area contributed by atoms with Crippen molar-refractivity contribution in [2.45, 2.75) is 42.1 Å². The molecule has 2 aromatic rings. The molecule has 0 saturated heterocycles. The first-order valence-corrected chi connectivity index (χ1v) is 12.9. The summed E-state index contributed by atoms with van der Waals surface area (Å²) in [5.74, 6) is 1.60. The summed E-state index contributed by atoms with van der Waals surface area (Å²) in [4.78, 5) is 21.1. The van der Waals surface area contributed by atoms with E-state index in [0.29, 0.717) is 20.7 Å². The number of benzene rings is 1. The smallest absolute Gasteiger partial charge is 0.229 e. The Morgan fingerprint density at radius 1 is 1.30 bits per heavy atom. The zero-order chi connectivity index (χ0) is 23.1. The molecule has 3 aliphatic rings. The van der Waals surface area contributed by atoms with Crippen molar-refractivity contribution < 1.29 is 9.53 Å². The molecule has 0 aliphatic heterocycles. The lowest BCUT2D eigenvalue weighted by Crippen LogP contribution is -2.41. The Kier molecular flexibility index (Phi) is 6.39. The summed E-state index contributed by atoms with van der Waals surface area (Å²) in [5, 5.41) is 7.10. The minimum absolute atomic E-state index is 0.124. The summed E-state index contributed by atoms with van der Waals surface area (Å²) >= 11 is 8.96. The number of aromatic nitrogens is 2. The Bertz CT molecular complexity index is 1110. The lowest BCUT2D eigenvalue weighted by molar-refractivity contribution is -0.122. The Hall–Kier alpha value is -2.07. The van der Waals surface area contributed by atoms with Gasteiger partial charge in [0.15, 0.2) is 5.82 Å². The van der Waals surface area contributed by atoms with Crippen molar-refractivity contribution >= 4 is 57.6 Å². The zero-order valence-corrected chi connectivity index (χ0v) is 21.3. The summed E-state index contributed by atoms with van der Waals surface area (Å²) in [6.07, 6.45) is 11.1. The normalized spacial score (nSPS) is 27.7. The van der Waals surface area contributed by atoms with Crippen LogP contribution in [0.2, 0.25) is 5.02 Å². The van der Waals surface area contributed by atoms with E-state index in [9.17, 15) is 4.79 Å². The molecule has 3 aliphatic carbocycles. The molecule has 9 heteroatoms. The van der Waals surface area contributed by atoms with Crippen LogP contribution < -0.4 is 21.1 Å².